The van der Waals surface area contributed by atoms with Crippen LogP contribution >= 0.6 is 0 Å². The van der Waals surface area contributed by atoms with Gasteiger partial charge in [-0.25, -0.2) is 0 Å². The fraction of sp³-hybridized carbons (Fsp3) is 0.261. The highest BCUT2D eigenvalue weighted by Crippen LogP contribution is 2.37. The quantitative estimate of drug-likeness (QED) is 0.451. The second-order valence-corrected chi connectivity index (χ2v) is 9.16. The van der Waals surface area contributed by atoms with Gasteiger partial charge in [-0.1, -0.05) is 35.5 Å². The number of benzene rings is 2. The van der Waals surface area contributed by atoms with Crippen LogP contribution in [0.5, 0.6) is 5.75 Å². The van der Waals surface area contributed by atoms with Crippen molar-refractivity contribution in [3.05, 3.63) is 54.3 Å². The van der Waals surface area contributed by atoms with E-state index < -0.39 is 10.8 Å². The van der Waals surface area contributed by atoms with Gasteiger partial charge in [-0.2, -0.15) is 0 Å². The van der Waals surface area contributed by atoms with Gasteiger partial charge in [-0.05, 0) is 19.1 Å². The van der Waals surface area contributed by atoms with Gasteiger partial charge in [-0.15, -0.1) is 10.2 Å². The van der Waals surface area contributed by atoms with Gasteiger partial charge in [-0.3, -0.25) is 4.21 Å². The molecular formula is C23H22N4O4S. The van der Waals surface area contributed by atoms with Crippen LogP contribution in [0.15, 0.2) is 57.5 Å². The SMILES string of the molecule is COc1cc(N2CCS(=O)CC2)ccc1-c1nnc(-c2c(-c3ccccc3)noc2C)o1. The molecule has 32 heavy (non-hydrogen) atoms. The van der Waals surface area contributed by atoms with Crippen LogP contribution in [0.2, 0.25) is 0 Å². The van der Waals surface area contributed by atoms with Crippen LogP contribution < -0.4 is 9.64 Å². The summed E-state index contributed by atoms with van der Waals surface area (Å²) in [5.41, 5.74) is 3.95. The molecule has 1 aliphatic rings. The van der Waals surface area contributed by atoms with Crippen molar-refractivity contribution < 1.29 is 17.9 Å². The van der Waals surface area contributed by atoms with E-state index in [9.17, 15) is 4.21 Å². The Kier molecular flexibility index (Phi) is 5.48. The molecule has 0 spiro atoms. The molecule has 0 N–H and O–H groups in total. The largest absolute Gasteiger partial charge is 0.496 e. The van der Waals surface area contributed by atoms with Crippen LogP contribution in [0, 0.1) is 6.92 Å². The highest BCUT2D eigenvalue weighted by atomic mass is 32.2. The number of ether oxygens (including phenoxy) is 1. The molecule has 0 bridgehead atoms. The van der Waals surface area contributed by atoms with Gasteiger partial charge >= 0.3 is 0 Å². The van der Waals surface area contributed by atoms with E-state index in [-0.39, 0.29) is 0 Å². The molecular weight excluding hydrogens is 428 g/mol. The Morgan fingerprint density at radius 3 is 2.53 bits per heavy atom. The zero-order valence-electron chi connectivity index (χ0n) is 17.8. The molecule has 0 atom stereocenters. The average Bonchev–Trinajstić information content (AvgIpc) is 3.46. The Morgan fingerprint density at radius 1 is 1.03 bits per heavy atom. The molecule has 1 fully saturated rings. The number of aromatic nitrogens is 3. The first-order valence-corrected chi connectivity index (χ1v) is 11.8. The van der Waals surface area contributed by atoms with E-state index in [4.69, 9.17) is 13.7 Å². The first kappa shape index (κ1) is 20.4. The van der Waals surface area contributed by atoms with Crippen molar-refractivity contribution in [3.8, 4) is 39.9 Å². The summed E-state index contributed by atoms with van der Waals surface area (Å²) in [7, 11) is 0.889. The molecule has 0 radical (unpaired) electrons. The monoisotopic (exact) mass is 450 g/mol. The number of hydrogen-bond donors (Lipinski definition) is 0. The van der Waals surface area contributed by atoms with E-state index >= 15 is 0 Å². The number of hydrogen-bond acceptors (Lipinski definition) is 8. The van der Waals surface area contributed by atoms with Crippen molar-refractivity contribution in [1.29, 1.82) is 0 Å². The van der Waals surface area contributed by atoms with E-state index in [1.54, 1.807) is 7.11 Å². The Balaban J connectivity index is 1.48. The molecule has 9 heteroatoms. The highest BCUT2D eigenvalue weighted by Gasteiger charge is 2.24. The molecule has 1 aliphatic heterocycles. The topological polar surface area (TPSA) is 94.5 Å². The van der Waals surface area contributed by atoms with E-state index in [0.29, 0.717) is 51.6 Å². The maximum atomic E-state index is 11.7. The molecule has 5 rings (SSSR count). The predicted octanol–water partition coefficient (Wildman–Crippen LogP) is 3.94. The number of aryl methyl sites for hydroxylation is 1. The smallest absolute Gasteiger partial charge is 0.254 e. The molecule has 3 heterocycles. The third-order valence-electron chi connectivity index (χ3n) is 5.51. The minimum Gasteiger partial charge on any atom is -0.496 e. The van der Waals surface area contributed by atoms with Crippen LogP contribution in [0.25, 0.3) is 34.2 Å². The minimum absolute atomic E-state index is 0.335. The standard InChI is InChI=1S/C23H22N4O4S/c1-15-20(21(26-31-15)16-6-4-3-5-7-16)23-25-24-22(30-23)18-9-8-17(14-19(18)29-2)27-10-12-32(28)13-11-27/h3-9,14H,10-13H2,1-2H3. The highest BCUT2D eigenvalue weighted by molar-refractivity contribution is 7.85. The molecule has 0 saturated carbocycles. The van der Waals surface area contributed by atoms with Gasteiger partial charge in [0.15, 0.2) is 0 Å². The van der Waals surface area contributed by atoms with Gasteiger partial charge in [0, 0.05) is 52.7 Å². The lowest BCUT2D eigenvalue weighted by Crippen LogP contribution is -2.37. The van der Waals surface area contributed by atoms with Crippen LogP contribution in [-0.2, 0) is 10.8 Å². The maximum Gasteiger partial charge on any atom is 0.254 e. The third kappa shape index (κ3) is 3.80. The lowest BCUT2D eigenvalue weighted by atomic mass is 10.1. The molecule has 8 nitrogen and oxygen atoms in total. The van der Waals surface area contributed by atoms with Crippen molar-refractivity contribution in [2.45, 2.75) is 6.92 Å². The van der Waals surface area contributed by atoms with Crippen LogP contribution in [-0.4, -0.2) is 51.3 Å². The zero-order valence-corrected chi connectivity index (χ0v) is 18.6. The molecule has 4 aromatic rings. The number of methoxy groups -OCH3 is 1. The average molecular weight is 451 g/mol. The Bertz CT molecular complexity index is 1260. The molecule has 0 unspecified atom stereocenters. The lowest BCUT2D eigenvalue weighted by molar-refractivity contribution is 0.399. The minimum atomic E-state index is -0.725. The van der Waals surface area contributed by atoms with Crippen molar-refractivity contribution in [2.75, 3.05) is 36.6 Å². The second kappa shape index (κ2) is 8.58. The predicted molar refractivity (Wildman–Crippen MR) is 122 cm³/mol. The van der Waals surface area contributed by atoms with Gasteiger partial charge in [0.2, 0.25) is 0 Å². The van der Waals surface area contributed by atoms with Gasteiger partial charge < -0.3 is 18.6 Å². The molecule has 2 aromatic carbocycles. The summed E-state index contributed by atoms with van der Waals surface area (Å²) < 4.78 is 28.8. The zero-order chi connectivity index (χ0) is 22.1. The second-order valence-electron chi connectivity index (χ2n) is 7.46. The summed E-state index contributed by atoms with van der Waals surface area (Å²) in [6.45, 7) is 3.34. The fourth-order valence-electron chi connectivity index (χ4n) is 3.80. The first-order valence-electron chi connectivity index (χ1n) is 10.3. The molecule has 0 amide bonds. The van der Waals surface area contributed by atoms with Crippen LogP contribution in [0.1, 0.15) is 5.76 Å². The lowest BCUT2D eigenvalue weighted by Gasteiger charge is -2.28. The normalized spacial score (nSPS) is 14.6. The van der Waals surface area contributed by atoms with Crippen LogP contribution in [0.4, 0.5) is 5.69 Å². The first-order chi connectivity index (χ1) is 15.6. The number of anilines is 1. The summed E-state index contributed by atoms with van der Waals surface area (Å²) in [5, 5.41) is 12.7. The molecule has 2 aromatic heterocycles. The van der Waals surface area contributed by atoms with E-state index in [1.807, 2.05) is 55.5 Å². The summed E-state index contributed by atoms with van der Waals surface area (Å²) in [6.07, 6.45) is 0. The van der Waals surface area contributed by atoms with Crippen molar-refractivity contribution in [3.63, 3.8) is 0 Å². The Hall–Kier alpha value is -3.46. The van der Waals surface area contributed by atoms with Crippen molar-refractivity contribution >= 4 is 16.5 Å². The fourth-order valence-corrected chi connectivity index (χ4v) is 4.85. The third-order valence-corrected chi connectivity index (χ3v) is 6.78. The molecule has 1 saturated heterocycles. The Labute approximate surface area is 187 Å². The number of rotatable bonds is 5. The molecule has 0 aliphatic carbocycles. The summed E-state index contributed by atoms with van der Waals surface area (Å²) >= 11 is 0. The summed E-state index contributed by atoms with van der Waals surface area (Å²) in [6, 6.07) is 15.6. The molecule has 164 valence electrons. The summed E-state index contributed by atoms with van der Waals surface area (Å²) in [5.74, 6) is 3.28. The van der Waals surface area contributed by atoms with Crippen molar-refractivity contribution in [1.82, 2.24) is 15.4 Å². The van der Waals surface area contributed by atoms with E-state index in [1.165, 1.54) is 0 Å². The van der Waals surface area contributed by atoms with Gasteiger partial charge in [0.1, 0.15) is 22.8 Å². The van der Waals surface area contributed by atoms with Crippen LogP contribution in [0.3, 0.4) is 0 Å². The number of nitrogens with zero attached hydrogens (tertiary/aromatic N) is 4. The van der Waals surface area contributed by atoms with E-state index in [0.717, 1.165) is 24.3 Å². The summed E-state index contributed by atoms with van der Waals surface area (Å²) in [4.78, 5) is 2.21. The van der Waals surface area contributed by atoms with Gasteiger partial charge in [0.05, 0.1) is 12.7 Å². The van der Waals surface area contributed by atoms with Crippen molar-refractivity contribution in [2.24, 2.45) is 0 Å². The maximum absolute atomic E-state index is 11.7. The van der Waals surface area contributed by atoms with Gasteiger partial charge in [0.25, 0.3) is 11.8 Å². The Morgan fingerprint density at radius 2 is 1.78 bits per heavy atom. The van der Waals surface area contributed by atoms with E-state index in [2.05, 4.69) is 20.3 Å².